The van der Waals surface area contributed by atoms with E-state index in [0.717, 1.165) is 12.0 Å². The molecule has 1 aliphatic carbocycles. The van der Waals surface area contributed by atoms with Crippen molar-refractivity contribution in [2.75, 3.05) is 13.2 Å². The third-order valence-corrected chi connectivity index (χ3v) is 8.57. The van der Waals surface area contributed by atoms with Crippen LogP contribution in [0.5, 0.6) is 5.75 Å². The Labute approximate surface area is 276 Å². The average molecular weight is 656 g/mol. The zero-order chi connectivity index (χ0) is 33.9. The molecule has 11 heteroatoms. The van der Waals surface area contributed by atoms with Crippen LogP contribution in [0.25, 0.3) is 0 Å². The van der Waals surface area contributed by atoms with E-state index in [9.17, 15) is 35.0 Å². The maximum absolute atomic E-state index is 12.3. The van der Waals surface area contributed by atoms with Gasteiger partial charge in [0.15, 0.2) is 0 Å². The van der Waals surface area contributed by atoms with Crippen LogP contribution >= 0.6 is 0 Å². The maximum atomic E-state index is 12.3. The van der Waals surface area contributed by atoms with Crippen molar-refractivity contribution in [1.29, 1.82) is 0 Å². The molecule has 0 amide bonds. The number of unbranched alkanes of at least 4 members (excludes halogenated alkanes) is 2. The third kappa shape index (κ3) is 15.1. The second-order valence-electron chi connectivity index (χ2n) is 12.2. The minimum absolute atomic E-state index is 0.0440. The van der Waals surface area contributed by atoms with Crippen LogP contribution in [0.15, 0.2) is 66.7 Å². The first-order chi connectivity index (χ1) is 22.7. The Hall–Kier alpha value is -3.80. The Balaban J connectivity index is 1.26. The van der Waals surface area contributed by atoms with Crippen molar-refractivity contribution < 1.29 is 44.3 Å². The molecule has 258 valence electrons. The van der Waals surface area contributed by atoms with Gasteiger partial charge in [0.1, 0.15) is 5.75 Å². The minimum Gasteiger partial charge on any atom is -0.465 e. The monoisotopic (exact) mass is 655 g/mol. The van der Waals surface area contributed by atoms with Gasteiger partial charge in [-0.05, 0) is 99.3 Å². The number of aliphatic hydroxyl groups excluding tert-OH is 3. The summed E-state index contributed by atoms with van der Waals surface area (Å²) in [4.78, 5) is 38.3. The van der Waals surface area contributed by atoms with E-state index in [1.807, 2.05) is 30.4 Å². The zero-order valence-corrected chi connectivity index (χ0v) is 27.0. The molecule has 0 bridgehead atoms. The van der Waals surface area contributed by atoms with Crippen molar-refractivity contribution in [3.8, 4) is 5.75 Å². The van der Waals surface area contributed by atoms with Crippen LogP contribution < -0.4 is 4.74 Å². The molecule has 1 fully saturated rings. The molecule has 0 saturated heterocycles. The number of allylic oxidation sites excluding steroid dienone is 2. The first-order valence-electron chi connectivity index (χ1n) is 16.7. The maximum Gasteiger partial charge on any atom is 0.311 e. The van der Waals surface area contributed by atoms with Crippen LogP contribution in [0.3, 0.4) is 0 Å². The van der Waals surface area contributed by atoms with Crippen molar-refractivity contribution in [3.05, 3.63) is 88.0 Å². The van der Waals surface area contributed by atoms with Crippen molar-refractivity contribution in [2.24, 2.45) is 11.8 Å². The molecule has 3 rings (SSSR count). The summed E-state index contributed by atoms with van der Waals surface area (Å²) >= 11 is 0. The van der Waals surface area contributed by atoms with Gasteiger partial charge in [-0.25, -0.2) is 0 Å². The van der Waals surface area contributed by atoms with Crippen LogP contribution in [-0.4, -0.2) is 63.9 Å². The molecule has 0 aliphatic heterocycles. The Morgan fingerprint density at radius 2 is 1.55 bits per heavy atom. The summed E-state index contributed by atoms with van der Waals surface area (Å²) in [6.45, 7) is 0.161. The lowest BCUT2D eigenvalue weighted by Crippen LogP contribution is -2.23. The number of rotatable bonds is 22. The Kier molecular flexibility index (Phi) is 16.9. The molecule has 2 aromatic rings. The summed E-state index contributed by atoms with van der Waals surface area (Å²) in [6.07, 6.45) is 9.25. The molecule has 1 saturated carbocycles. The number of carbonyl (C=O) groups excluding carboxylic acids is 2. The van der Waals surface area contributed by atoms with Crippen LogP contribution in [0.4, 0.5) is 0 Å². The number of aliphatic hydroxyl groups is 3. The molecule has 2 aromatic carbocycles. The van der Waals surface area contributed by atoms with Crippen LogP contribution in [-0.2, 0) is 32.0 Å². The van der Waals surface area contributed by atoms with Crippen molar-refractivity contribution >= 4 is 11.9 Å². The van der Waals surface area contributed by atoms with Gasteiger partial charge in [-0.15, -0.1) is 10.1 Å². The molecule has 0 spiro atoms. The Bertz CT molecular complexity index is 1240. The molecular weight excluding hydrogens is 606 g/mol. The summed E-state index contributed by atoms with van der Waals surface area (Å²) in [5.74, 6) is -0.374. The van der Waals surface area contributed by atoms with Gasteiger partial charge in [0.05, 0.1) is 31.5 Å². The molecule has 1 aliphatic rings. The van der Waals surface area contributed by atoms with Crippen LogP contribution in [0.2, 0.25) is 0 Å². The minimum atomic E-state index is -0.858. The molecule has 11 nitrogen and oxygen atoms in total. The Morgan fingerprint density at radius 1 is 0.851 bits per heavy atom. The number of benzene rings is 2. The number of nitrogens with zero attached hydrogens (tertiary/aromatic N) is 1. The molecule has 0 heterocycles. The Morgan fingerprint density at radius 3 is 2.30 bits per heavy atom. The average Bonchev–Trinajstić information content (AvgIpc) is 3.32. The van der Waals surface area contributed by atoms with Gasteiger partial charge in [0.25, 0.3) is 5.09 Å². The van der Waals surface area contributed by atoms with Gasteiger partial charge >= 0.3 is 11.9 Å². The number of hydrogen-bond acceptors (Lipinski definition) is 10. The number of ether oxygens (including phenoxy) is 2. The van der Waals surface area contributed by atoms with Gasteiger partial charge < -0.3 is 29.6 Å². The first-order valence-corrected chi connectivity index (χ1v) is 16.7. The fourth-order valence-corrected chi connectivity index (χ4v) is 5.92. The summed E-state index contributed by atoms with van der Waals surface area (Å²) in [6, 6.07) is 17.1. The second kappa shape index (κ2) is 21.1. The van der Waals surface area contributed by atoms with Crippen molar-refractivity contribution in [3.63, 3.8) is 0 Å². The number of esters is 2. The normalized spacial score (nSPS) is 19.8. The largest absolute Gasteiger partial charge is 0.465 e. The number of carbonyl (C=O) groups is 2. The van der Waals surface area contributed by atoms with E-state index < -0.39 is 23.4 Å². The molecule has 47 heavy (non-hydrogen) atoms. The highest BCUT2D eigenvalue weighted by molar-refractivity contribution is 5.72. The summed E-state index contributed by atoms with van der Waals surface area (Å²) in [7, 11) is 0. The quantitative estimate of drug-likeness (QED) is 0.0378. The molecule has 3 N–H and O–H groups in total. The highest BCUT2D eigenvalue weighted by Crippen LogP contribution is 2.38. The van der Waals surface area contributed by atoms with Gasteiger partial charge in [0.2, 0.25) is 0 Å². The smallest absolute Gasteiger partial charge is 0.311 e. The van der Waals surface area contributed by atoms with E-state index >= 15 is 0 Å². The molecule has 0 aromatic heterocycles. The fourth-order valence-electron chi connectivity index (χ4n) is 5.92. The SMILES string of the molecule is O=C(CCCCO[N+](=O)[O-])OCCc1ccc(OC(=O)CCCC=CC[C@@H]2[C@@H](CC[C@@H](O)CCc3ccccc3)[C@H](O)C[C@@H]2O)cc1. The van der Waals surface area contributed by atoms with E-state index in [4.69, 9.17) is 9.47 Å². The van der Waals surface area contributed by atoms with E-state index in [-0.39, 0.29) is 49.8 Å². The standard InChI is InChI=1S/C36H49NO10/c38-29(18-15-27-10-4-3-5-11-27)19-22-32-31(33(39)26-34(32)40)12-6-1-2-7-14-36(42)47-30-20-16-28(17-21-30)23-25-45-35(41)13-8-9-24-46-37(43)44/h1,3-6,10-11,16-17,20-21,29,31-34,38-40H,2,7-9,12-15,18-19,22-26H2/t29-,31+,32+,33-,34+/m0/s1. The van der Waals surface area contributed by atoms with E-state index in [2.05, 4.69) is 17.0 Å². The lowest BCUT2D eigenvalue weighted by molar-refractivity contribution is -0.757. The molecular formula is C36H49NO10. The predicted molar refractivity (Wildman–Crippen MR) is 175 cm³/mol. The van der Waals surface area contributed by atoms with E-state index in [0.29, 0.717) is 70.0 Å². The highest BCUT2D eigenvalue weighted by Gasteiger charge is 2.40. The van der Waals surface area contributed by atoms with Crippen molar-refractivity contribution in [2.45, 2.75) is 102 Å². The number of aryl methyl sites for hydroxylation is 1. The topological polar surface area (TPSA) is 166 Å². The van der Waals surface area contributed by atoms with Gasteiger partial charge in [-0.1, -0.05) is 54.6 Å². The van der Waals surface area contributed by atoms with Gasteiger partial charge in [-0.2, -0.15) is 0 Å². The zero-order valence-electron chi connectivity index (χ0n) is 27.0. The van der Waals surface area contributed by atoms with Gasteiger partial charge in [0, 0.05) is 19.3 Å². The van der Waals surface area contributed by atoms with Crippen molar-refractivity contribution in [1.82, 2.24) is 0 Å². The third-order valence-electron chi connectivity index (χ3n) is 8.57. The lowest BCUT2D eigenvalue weighted by atomic mass is 9.85. The van der Waals surface area contributed by atoms with E-state index in [1.54, 1.807) is 24.3 Å². The summed E-state index contributed by atoms with van der Waals surface area (Å²) in [5.41, 5.74) is 2.11. The predicted octanol–water partition coefficient (Wildman–Crippen LogP) is 5.30. The molecule has 0 unspecified atom stereocenters. The lowest BCUT2D eigenvalue weighted by Gasteiger charge is -2.23. The highest BCUT2D eigenvalue weighted by atomic mass is 16.9. The van der Waals surface area contributed by atoms with Crippen LogP contribution in [0.1, 0.15) is 81.8 Å². The molecule has 0 radical (unpaired) electrons. The van der Waals surface area contributed by atoms with Crippen LogP contribution in [0, 0.1) is 22.0 Å². The van der Waals surface area contributed by atoms with E-state index in [1.165, 1.54) is 5.56 Å². The van der Waals surface area contributed by atoms with Gasteiger partial charge in [-0.3, -0.25) is 9.59 Å². The number of hydrogen-bond donors (Lipinski definition) is 3. The summed E-state index contributed by atoms with van der Waals surface area (Å²) in [5, 5.41) is 40.8. The fraction of sp³-hybridized carbons (Fsp3) is 0.556. The second-order valence-corrected chi connectivity index (χ2v) is 12.2. The first kappa shape index (κ1) is 37.7. The molecule has 5 atom stereocenters. The summed E-state index contributed by atoms with van der Waals surface area (Å²) < 4.78 is 10.6.